The molecular formula is C15H29NO. The quantitative estimate of drug-likeness (QED) is 0.743. The molecule has 1 unspecified atom stereocenters. The summed E-state index contributed by atoms with van der Waals surface area (Å²) in [6.45, 7) is 10.3. The standard InChI is InChI=1S/C15H29NO/c1-4-16-10-9-14(2,3)13-6-11-17-15(12-13)7-5-8-15/h13,16H,4-12H2,1-3H3. The predicted octanol–water partition coefficient (Wildman–Crippen LogP) is 3.36. The number of ether oxygens (including phenoxy) is 1. The molecule has 0 aromatic carbocycles. The molecule has 100 valence electrons. The van der Waals surface area contributed by atoms with E-state index in [1.54, 1.807) is 0 Å². The molecule has 1 aliphatic heterocycles. The van der Waals surface area contributed by atoms with Gasteiger partial charge in [0.25, 0.3) is 0 Å². The Balaban J connectivity index is 1.86. The first-order valence-corrected chi connectivity index (χ1v) is 7.43. The van der Waals surface area contributed by atoms with Gasteiger partial charge in [-0.15, -0.1) is 0 Å². The van der Waals surface area contributed by atoms with Crippen LogP contribution in [0.25, 0.3) is 0 Å². The lowest BCUT2D eigenvalue weighted by atomic mass is 9.64. The van der Waals surface area contributed by atoms with Gasteiger partial charge in [-0.3, -0.25) is 0 Å². The van der Waals surface area contributed by atoms with Crippen LogP contribution in [0.3, 0.4) is 0 Å². The summed E-state index contributed by atoms with van der Waals surface area (Å²) in [5.41, 5.74) is 0.771. The highest BCUT2D eigenvalue weighted by Gasteiger charge is 2.45. The zero-order valence-corrected chi connectivity index (χ0v) is 11.8. The molecule has 0 aromatic rings. The molecule has 2 fully saturated rings. The van der Waals surface area contributed by atoms with E-state index in [4.69, 9.17) is 4.74 Å². The third kappa shape index (κ3) is 3.03. The first-order valence-electron chi connectivity index (χ1n) is 7.43. The lowest BCUT2D eigenvalue weighted by molar-refractivity contribution is -0.158. The Bertz CT molecular complexity index is 245. The van der Waals surface area contributed by atoms with Crippen LogP contribution in [0, 0.1) is 11.3 Å². The fourth-order valence-electron chi connectivity index (χ4n) is 3.41. The molecule has 0 amide bonds. The second-order valence-electron chi connectivity index (χ2n) is 6.67. The SMILES string of the molecule is CCNCCC(C)(C)C1CCOC2(CCC2)C1. The van der Waals surface area contributed by atoms with E-state index in [0.29, 0.717) is 11.0 Å². The highest BCUT2D eigenvalue weighted by Crippen LogP contribution is 2.49. The van der Waals surface area contributed by atoms with Crippen LogP contribution >= 0.6 is 0 Å². The smallest absolute Gasteiger partial charge is 0.0685 e. The fourth-order valence-corrected chi connectivity index (χ4v) is 3.41. The van der Waals surface area contributed by atoms with Crippen molar-refractivity contribution in [3.8, 4) is 0 Å². The molecule has 1 atom stereocenters. The van der Waals surface area contributed by atoms with Crippen molar-refractivity contribution in [2.45, 2.75) is 64.9 Å². The van der Waals surface area contributed by atoms with Gasteiger partial charge in [-0.1, -0.05) is 20.8 Å². The van der Waals surface area contributed by atoms with Gasteiger partial charge in [-0.25, -0.2) is 0 Å². The third-order valence-corrected chi connectivity index (χ3v) is 5.06. The fraction of sp³-hybridized carbons (Fsp3) is 1.00. The summed E-state index contributed by atoms with van der Waals surface area (Å²) >= 11 is 0. The molecule has 0 aromatic heterocycles. The Kier molecular flexibility index (Phi) is 4.14. The summed E-state index contributed by atoms with van der Waals surface area (Å²) < 4.78 is 6.04. The average molecular weight is 239 g/mol. The minimum atomic E-state index is 0.304. The molecule has 1 aliphatic carbocycles. The lowest BCUT2D eigenvalue weighted by Gasteiger charge is -2.51. The molecule has 2 rings (SSSR count). The van der Waals surface area contributed by atoms with E-state index in [1.807, 2.05) is 0 Å². The van der Waals surface area contributed by atoms with Crippen LogP contribution in [0.5, 0.6) is 0 Å². The normalized spacial score (nSPS) is 28.1. The van der Waals surface area contributed by atoms with Gasteiger partial charge in [0.15, 0.2) is 0 Å². The average Bonchev–Trinajstić information content (AvgIpc) is 2.27. The molecular weight excluding hydrogens is 210 g/mol. The number of hydrogen-bond donors (Lipinski definition) is 1. The van der Waals surface area contributed by atoms with Crippen LogP contribution in [-0.4, -0.2) is 25.3 Å². The number of nitrogens with one attached hydrogen (secondary N) is 1. The molecule has 1 heterocycles. The van der Waals surface area contributed by atoms with Crippen molar-refractivity contribution in [1.29, 1.82) is 0 Å². The topological polar surface area (TPSA) is 21.3 Å². The zero-order valence-electron chi connectivity index (χ0n) is 11.8. The first kappa shape index (κ1) is 13.4. The van der Waals surface area contributed by atoms with E-state index < -0.39 is 0 Å². The van der Waals surface area contributed by atoms with Crippen molar-refractivity contribution in [1.82, 2.24) is 5.32 Å². The Morgan fingerprint density at radius 3 is 2.71 bits per heavy atom. The maximum absolute atomic E-state index is 6.04. The van der Waals surface area contributed by atoms with E-state index in [-0.39, 0.29) is 0 Å². The van der Waals surface area contributed by atoms with Crippen molar-refractivity contribution in [2.75, 3.05) is 19.7 Å². The van der Waals surface area contributed by atoms with Crippen LogP contribution in [0.4, 0.5) is 0 Å². The van der Waals surface area contributed by atoms with Gasteiger partial charge in [0.05, 0.1) is 5.60 Å². The second-order valence-corrected chi connectivity index (χ2v) is 6.67. The monoisotopic (exact) mass is 239 g/mol. The molecule has 2 aliphatic rings. The molecule has 1 N–H and O–H groups in total. The molecule has 1 saturated carbocycles. The summed E-state index contributed by atoms with van der Waals surface area (Å²) in [6.07, 6.45) is 7.87. The van der Waals surface area contributed by atoms with Gasteiger partial charge < -0.3 is 10.1 Å². The molecule has 0 radical (unpaired) electrons. The van der Waals surface area contributed by atoms with Crippen LogP contribution in [-0.2, 0) is 4.74 Å². The molecule has 1 saturated heterocycles. The molecule has 2 heteroatoms. The minimum Gasteiger partial charge on any atom is -0.375 e. The maximum atomic E-state index is 6.04. The summed E-state index contributed by atoms with van der Waals surface area (Å²) in [4.78, 5) is 0. The zero-order chi connectivity index (χ0) is 12.4. The van der Waals surface area contributed by atoms with E-state index in [1.165, 1.54) is 38.5 Å². The molecule has 0 bridgehead atoms. The van der Waals surface area contributed by atoms with E-state index in [0.717, 1.165) is 25.6 Å². The highest BCUT2D eigenvalue weighted by molar-refractivity contribution is 4.97. The van der Waals surface area contributed by atoms with Crippen molar-refractivity contribution in [3.05, 3.63) is 0 Å². The molecule has 1 spiro atoms. The van der Waals surface area contributed by atoms with Crippen molar-refractivity contribution < 1.29 is 4.74 Å². The minimum absolute atomic E-state index is 0.304. The maximum Gasteiger partial charge on any atom is 0.0685 e. The summed E-state index contributed by atoms with van der Waals surface area (Å²) in [5, 5.41) is 3.46. The van der Waals surface area contributed by atoms with Gasteiger partial charge in [-0.05, 0) is 62.9 Å². The summed E-state index contributed by atoms with van der Waals surface area (Å²) in [5.74, 6) is 0.857. The van der Waals surface area contributed by atoms with Crippen LogP contribution in [0.15, 0.2) is 0 Å². The van der Waals surface area contributed by atoms with E-state index in [9.17, 15) is 0 Å². The van der Waals surface area contributed by atoms with Crippen molar-refractivity contribution in [3.63, 3.8) is 0 Å². The van der Waals surface area contributed by atoms with Crippen LogP contribution < -0.4 is 5.32 Å². The van der Waals surface area contributed by atoms with Crippen LogP contribution in [0.2, 0.25) is 0 Å². The number of hydrogen-bond acceptors (Lipinski definition) is 2. The second kappa shape index (κ2) is 5.27. The Morgan fingerprint density at radius 1 is 1.35 bits per heavy atom. The Hall–Kier alpha value is -0.0800. The van der Waals surface area contributed by atoms with E-state index >= 15 is 0 Å². The predicted molar refractivity (Wildman–Crippen MR) is 72.2 cm³/mol. The van der Waals surface area contributed by atoms with Gasteiger partial charge in [0.1, 0.15) is 0 Å². The Morgan fingerprint density at radius 2 is 2.12 bits per heavy atom. The molecule has 17 heavy (non-hydrogen) atoms. The van der Waals surface area contributed by atoms with Gasteiger partial charge in [0.2, 0.25) is 0 Å². The van der Waals surface area contributed by atoms with Gasteiger partial charge in [0, 0.05) is 6.61 Å². The summed E-state index contributed by atoms with van der Waals surface area (Å²) in [6, 6.07) is 0. The van der Waals surface area contributed by atoms with Crippen LogP contribution in [0.1, 0.15) is 59.3 Å². The highest BCUT2D eigenvalue weighted by atomic mass is 16.5. The lowest BCUT2D eigenvalue weighted by Crippen LogP contribution is -2.48. The third-order valence-electron chi connectivity index (χ3n) is 5.06. The Labute approximate surface area is 107 Å². The largest absolute Gasteiger partial charge is 0.375 e. The van der Waals surface area contributed by atoms with Gasteiger partial charge in [-0.2, -0.15) is 0 Å². The molecule has 2 nitrogen and oxygen atoms in total. The summed E-state index contributed by atoms with van der Waals surface area (Å²) in [7, 11) is 0. The van der Waals surface area contributed by atoms with Crippen molar-refractivity contribution >= 4 is 0 Å². The first-order chi connectivity index (χ1) is 8.08. The van der Waals surface area contributed by atoms with Crippen molar-refractivity contribution in [2.24, 2.45) is 11.3 Å². The van der Waals surface area contributed by atoms with Gasteiger partial charge >= 0.3 is 0 Å². The van der Waals surface area contributed by atoms with E-state index in [2.05, 4.69) is 26.1 Å². The number of rotatable bonds is 5.